The van der Waals surface area contributed by atoms with E-state index in [4.69, 9.17) is 21.1 Å². The van der Waals surface area contributed by atoms with Crippen LogP contribution in [0.25, 0.3) is 0 Å². The van der Waals surface area contributed by atoms with Crippen LogP contribution in [-0.2, 0) is 24.6 Å². The van der Waals surface area contributed by atoms with Crippen LogP contribution in [0.3, 0.4) is 0 Å². The Labute approximate surface area is 191 Å². The number of fused-ring (bicyclic) bond motifs is 1. The highest BCUT2D eigenvalue weighted by atomic mass is 35.5. The fourth-order valence-corrected chi connectivity index (χ4v) is 4.08. The minimum atomic E-state index is -1.94. The molecule has 0 aliphatic carbocycles. The van der Waals surface area contributed by atoms with Gasteiger partial charge in [0.2, 0.25) is 0 Å². The van der Waals surface area contributed by atoms with E-state index in [1.807, 2.05) is 13.8 Å². The molecule has 1 heterocycles. The third-order valence-electron chi connectivity index (χ3n) is 5.30. The fourth-order valence-electron chi connectivity index (χ4n) is 3.91. The van der Waals surface area contributed by atoms with Gasteiger partial charge in [-0.2, -0.15) is 0 Å². The number of benzene rings is 2. The molecule has 170 valence electrons. The highest BCUT2D eigenvalue weighted by Gasteiger charge is 2.59. The number of aliphatic hydroxyl groups is 1. The monoisotopic (exact) mass is 460 g/mol. The molecule has 0 unspecified atom stereocenters. The van der Waals surface area contributed by atoms with Crippen molar-refractivity contribution in [1.29, 1.82) is 0 Å². The Morgan fingerprint density at radius 2 is 1.91 bits per heavy atom. The van der Waals surface area contributed by atoms with Crippen molar-refractivity contribution in [3.63, 3.8) is 0 Å². The quantitative estimate of drug-likeness (QED) is 0.611. The normalized spacial score (nSPS) is 18.3. The third-order valence-corrected chi connectivity index (χ3v) is 5.53. The second kappa shape index (κ2) is 9.18. The first kappa shape index (κ1) is 23.6. The van der Waals surface area contributed by atoms with Crippen LogP contribution >= 0.6 is 11.6 Å². The summed E-state index contributed by atoms with van der Waals surface area (Å²) in [4.78, 5) is 40.4. The van der Waals surface area contributed by atoms with Gasteiger partial charge >= 0.3 is 11.9 Å². The number of rotatable bonds is 7. The van der Waals surface area contributed by atoms with Crippen molar-refractivity contribution in [3.8, 4) is 0 Å². The molecule has 1 aliphatic heterocycles. The van der Waals surface area contributed by atoms with Gasteiger partial charge in [-0.1, -0.05) is 29.8 Å². The van der Waals surface area contributed by atoms with Crippen molar-refractivity contribution in [2.75, 3.05) is 23.9 Å². The van der Waals surface area contributed by atoms with Gasteiger partial charge in [-0.05, 0) is 45.0 Å². The van der Waals surface area contributed by atoms with Crippen LogP contribution in [-0.4, -0.2) is 48.8 Å². The minimum absolute atomic E-state index is 0.0179. The van der Waals surface area contributed by atoms with E-state index in [0.717, 1.165) is 0 Å². The zero-order valence-corrected chi connectivity index (χ0v) is 19.0. The predicted molar refractivity (Wildman–Crippen MR) is 120 cm³/mol. The van der Waals surface area contributed by atoms with Gasteiger partial charge in [0.25, 0.3) is 5.91 Å². The molecule has 0 radical (unpaired) electrons. The van der Waals surface area contributed by atoms with Gasteiger partial charge in [-0.25, -0.2) is 9.59 Å². The van der Waals surface area contributed by atoms with Gasteiger partial charge in [-0.15, -0.1) is 0 Å². The van der Waals surface area contributed by atoms with Gasteiger partial charge in [-0.3, -0.25) is 4.79 Å². The van der Waals surface area contributed by atoms with Crippen LogP contribution in [0.15, 0.2) is 42.5 Å². The molecule has 8 nitrogen and oxygen atoms in total. The van der Waals surface area contributed by atoms with Crippen LogP contribution in [0.1, 0.15) is 36.7 Å². The van der Waals surface area contributed by atoms with Crippen LogP contribution in [0.4, 0.5) is 11.4 Å². The van der Waals surface area contributed by atoms with Crippen molar-refractivity contribution in [2.24, 2.45) is 0 Å². The Morgan fingerprint density at radius 1 is 1.22 bits per heavy atom. The standard InChI is InChI=1S/C23H25ClN2O6/c1-5-32-21(29)19(27)23(25-17-11-10-14(24)12-15(17)20(28)31-4)16-8-6-7-9-18(16)26(13(2)3)22(23)30/h6-13,19,25,27H,5H2,1-4H3/t19-,23+/m1/s1. The number of hydrogen-bond acceptors (Lipinski definition) is 7. The summed E-state index contributed by atoms with van der Waals surface area (Å²) in [5, 5.41) is 14.5. The summed E-state index contributed by atoms with van der Waals surface area (Å²) in [6, 6.07) is 11.0. The van der Waals surface area contributed by atoms with Crippen LogP contribution < -0.4 is 10.2 Å². The van der Waals surface area contributed by atoms with E-state index in [1.54, 1.807) is 31.2 Å². The molecule has 1 amide bonds. The number of ether oxygens (including phenoxy) is 2. The number of anilines is 2. The number of methoxy groups -OCH3 is 1. The number of halogens is 1. The average Bonchev–Trinajstić information content (AvgIpc) is 3.02. The molecule has 2 atom stereocenters. The second-order valence-electron chi connectivity index (χ2n) is 7.56. The van der Waals surface area contributed by atoms with Crippen LogP contribution in [0.5, 0.6) is 0 Å². The van der Waals surface area contributed by atoms with Gasteiger partial charge in [0.05, 0.1) is 25.0 Å². The van der Waals surface area contributed by atoms with Crippen molar-refractivity contribution in [3.05, 3.63) is 58.6 Å². The molecule has 0 saturated heterocycles. The van der Waals surface area contributed by atoms with E-state index in [9.17, 15) is 19.5 Å². The molecule has 0 fully saturated rings. The number of amides is 1. The lowest BCUT2D eigenvalue weighted by molar-refractivity contribution is -0.159. The molecular formula is C23H25ClN2O6. The molecule has 2 N–H and O–H groups in total. The topological polar surface area (TPSA) is 105 Å². The first-order valence-electron chi connectivity index (χ1n) is 10.1. The fraction of sp³-hybridized carbons (Fsp3) is 0.348. The summed E-state index contributed by atoms with van der Waals surface area (Å²) in [7, 11) is 1.22. The maximum atomic E-state index is 13.9. The Kier molecular flexibility index (Phi) is 6.76. The van der Waals surface area contributed by atoms with Crippen molar-refractivity contribution < 1.29 is 29.0 Å². The summed E-state index contributed by atoms with van der Waals surface area (Å²) in [6.45, 7) is 5.27. The lowest BCUT2D eigenvalue weighted by atomic mass is 9.84. The van der Waals surface area contributed by atoms with Gasteiger partial charge < -0.3 is 24.8 Å². The lowest BCUT2D eigenvalue weighted by Crippen LogP contribution is -2.58. The number of esters is 2. The number of aliphatic hydroxyl groups excluding tert-OH is 1. The maximum Gasteiger partial charge on any atom is 0.340 e. The molecule has 0 saturated carbocycles. The molecule has 0 aromatic heterocycles. The Balaban J connectivity index is 2.27. The predicted octanol–water partition coefficient (Wildman–Crippen LogP) is 3.11. The minimum Gasteiger partial charge on any atom is -0.465 e. The summed E-state index contributed by atoms with van der Waals surface area (Å²) < 4.78 is 9.89. The van der Waals surface area contributed by atoms with Crippen molar-refractivity contribution in [2.45, 2.75) is 38.5 Å². The maximum absolute atomic E-state index is 13.9. The van der Waals surface area contributed by atoms with Crippen molar-refractivity contribution in [1.82, 2.24) is 0 Å². The molecule has 0 spiro atoms. The number of carbonyl (C=O) groups excluding carboxylic acids is 3. The van der Waals surface area contributed by atoms with Crippen LogP contribution in [0, 0.1) is 0 Å². The highest BCUT2D eigenvalue weighted by Crippen LogP contribution is 2.46. The lowest BCUT2D eigenvalue weighted by Gasteiger charge is -2.35. The third kappa shape index (κ3) is 3.80. The molecule has 2 aromatic carbocycles. The summed E-state index contributed by atoms with van der Waals surface area (Å²) >= 11 is 6.06. The molecule has 2 aromatic rings. The SMILES string of the molecule is CCOC(=O)[C@@H](O)[C@]1(Nc2ccc(Cl)cc2C(=O)OC)C(=O)N(C(C)C)c2ccccc21. The molecule has 1 aliphatic rings. The van der Waals surface area contributed by atoms with Crippen LogP contribution in [0.2, 0.25) is 5.02 Å². The Hall–Kier alpha value is -3.10. The van der Waals surface area contributed by atoms with E-state index in [2.05, 4.69) is 5.32 Å². The number of carbonyl (C=O) groups is 3. The van der Waals surface area contributed by atoms with E-state index in [1.165, 1.54) is 30.2 Å². The first-order valence-corrected chi connectivity index (χ1v) is 10.5. The number of nitrogens with one attached hydrogen (secondary N) is 1. The Morgan fingerprint density at radius 3 is 2.53 bits per heavy atom. The molecule has 32 heavy (non-hydrogen) atoms. The van der Waals surface area contributed by atoms with Gasteiger partial charge in [0.15, 0.2) is 11.6 Å². The second-order valence-corrected chi connectivity index (χ2v) is 7.99. The Bertz CT molecular complexity index is 1060. The smallest absolute Gasteiger partial charge is 0.340 e. The van der Waals surface area contributed by atoms with E-state index < -0.39 is 29.5 Å². The first-order chi connectivity index (χ1) is 15.2. The molecule has 0 bridgehead atoms. The van der Waals surface area contributed by atoms with E-state index in [0.29, 0.717) is 11.3 Å². The van der Waals surface area contributed by atoms with Gasteiger partial charge in [0.1, 0.15) is 0 Å². The zero-order valence-electron chi connectivity index (χ0n) is 18.2. The molecule has 3 rings (SSSR count). The number of hydrogen-bond donors (Lipinski definition) is 2. The highest BCUT2D eigenvalue weighted by molar-refractivity contribution is 6.31. The molecular weight excluding hydrogens is 436 g/mol. The largest absolute Gasteiger partial charge is 0.465 e. The van der Waals surface area contributed by atoms with Gasteiger partial charge in [0, 0.05) is 22.3 Å². The molecule has 9 heteroatoms. The van der Waals surface area contributed by atoms with E-state index in [-0.39, 0.29) is 28.9 Å². The summed E-state index contributed by atoms with van der Waals surface area (Å²) in [6.07, 6.45) is -1.90. The summed E-state index contributed by atoms with van der Waals surface area (Å²) in [5.41, 5.74) is -0.812. The average molecular weight is 461 g/mol. The zero-order chi connectivity index (χ0) is 23.6. The number of nitrogens with zero attached hydrogens (tertiary/aromatic N) is 1. The van der Waals surface area contributed by atoms with Crippen molar-refractivity contribution >= 4 is 40.8 Å². The summed E-state index contributed by atoms with van der Waals surface area (Å²) in [5.74, 6) is -2.22. The number of para-hydroxylation sites is 1. The van der Waals surface area contributed by atoms with E-state index >= 15 is 0 Å².